The minimum Gasteiger partial charge on any atom is -0.370 e. The molecule has 0 aliphatic carbocycles. The second-order valence-corrected chi connectivity index (χ2v) is 5.75. The van der Waals surface area contributed by atoms with Gasteiger partial charge in [-0.1, -0.05) is 12.8 Å². The highest BCUT2D eigenvalue weighted by atomic mass is 16.2. The van der Waals surface area contributed by atoms with Crippen LogP contribution in [0.25, 0.3) is 0 Å². The fraction of sp³-hybridized carbons (Fsp3) is 0.875. The highest BCUT2D eigenvalue weighted by Gasteiger charge is 2.14. The minimum atomic E-state index is -0.276. The van der Waals surface area contributed by atoms with E-state index in [-0.39, 0.29) is 11.8 Å². The summed E-state index contributed by atoms with van der Waals surface area (Å²) in [6.45, 7) is 3.37. The summed E-state index contributed by atoms with van der Waals surface area (Å²) in [5.41, 5.74) is 15.4. The average Bonchev–Trinajstić information content (AvgIpc) is 2.79. The maximum Gasteiger partial charge on any atom is 0.222 e. The molecule has 0 aromatic carbocycles. The van der Waals surface area contributed by atoms with Gasteiger partial charge in [-0.05, 0) is 51.6 Å². The van der Waals surface area contributed by atoms with E-state index in [1.165, 1.54) is 12.8 Å². The van der Waals surface area contributed by atoms with E-state index in [0.29, 0.717) is 12.8 Å². The second-order valence-electron chi connectivity index (χ2n) is 5.75. The number of rotatable bonds is 8. The van der Waals surface area contributed by atoms with E-state index in [9.17, 15) is 9.59 Å². The Labute approximate surface area is 134 Å². The van der Waals surface area contributed by atoms with Crippen LogP contribution in [0.4, 0.5) is 0 Å². The van der Waals surface area contributed by atoms with E-state index >= 15 is 0 Å². The van der Waals surface area contributed by atoms with E-state index in [2.05, 4.69) is 0 Å². The van der Waals surface area contributed by atoms with Crippen molar-refractivity contribution in [2.75, 3.05) is 26.2 Å². The molecule has 1 saturated heterocycles. The fourth-order valence-corrected chi connectivity index (χ4v) is 2.34. The first kappa shape index (κ1) is 20.9. The predicted molar refractivity (Wildman–Crippen MR) is 90.1 cm³/mol. The molecule has 0 spiro atoms. The van der Waals surface area contributed by atoms with Crippen molar-refractivity contribution in [1.29, 1.82) is 0 Å². The Morgan fingerprint density at radius 1 is 0.773 bits per heavy atom. The van der Waals surface area contributed by atoms with Gasteiger partial charge in [0.15, 0.2) is 0 Å². The van der Waals surface area contributed by atoms with Gasteiger partial charge in [-0.2, -0.15) is 0 Å². The molecule has 1 aliphatic heterocycles. The molecule has 2 amide bonds. The fourth-order valence-electron chi connectivity index (χ4n) is 2.34. The van der Waals surface area contributed by atoms with E-state index in [1.807, 2.05) is 4.90 Å². The van der Waals surface area contributed by atoms with Gasteiger partial charge in [0.2, 0.25) is 11.8 Å². The normalized spacial score (nSPS) is 14.7. The lowest BCUT2D eigenvalue weighted by molar-refractivity contribution is -0.131. The Hall–Kier alpha value is -1.14. The highest BCUT2D eigenvalue weighted by Crippen LogP contribution is 2.12. The molecule has 1 fully saturated rings. The molecular weight excluding hydrogens is 280 g/mol. The number of amides is 2. The topological polar surface area (TPSA) is 115 Å². The summed E-state index contributed by atoms with van der Waals surface area (Å²) in [7, 11) is 0. The van der Waals surface area contributed by atoms with E-state index in [0.717, 1.165) is 64.7 Å². The monoisotopic (exact) mass is 314 g/mol. The van der Waals surface area contributed by atoms with Crippen molar-refractivity contribution in [3.05, 3.63) is 0 Å². The van der Waals surface area contributed by atoms with Crippen molar-refractivity contribution >= 4 is 11.8 Å². The molecule has 6 N–H and O–H groups in total. The van der Waals surface area contributed by atoms with Crippen LogP contribution in [0.3, 0.4) is 0 Å². The van der Waals surface area contributed by atoms with Gasteiger partial charge < -0.3 is 22.1 Å². The number of nitrogens with zero attached hydrogens (tertiary/aromatic N) is 1. The molecule has 0 saturated carbocycles. The van der Waals surface area contributed by atoms with Gasteiger partial charge in [0.05, 0.1) is 0 Å². The van der Waals surface area contributed by atoms with E-state index in [1.54, 1.807) is 0 Å². The molecule has 0 radical (unpaired) electrons. The molecule has 0 unspecified atom stereocenters. The molecule has 1 aliphatic rings. The number of unbranched alkanes of at least 4 members (excludes halogenated alkanes) is 2. The lowest BCUT2D eigenvalue weighted by Gasteiger charge is -2.20. The molecule has 6 nitrogen and oxygen atoms in total. The first-order valence-electron chi connectivity index (χ1n) is 8.58. The quantitative estimate of drug-likeness (QED) is 0.582. The van der Waals surface area contributed by atoms with Gasteiger partial charge in [0.1, 0.15) is 0 Å². The van der Waals surface area contributed by atoms with Crippen LogP contribution in [0.2, 0.25) is 0 Å². The maximum atomic E-state index is 11.8. The molecule has 0 bridgehead atoms. The zero-order valence-corrected chi connectivity index (χ0v) is 13.9. The summed E-state index contributed by atoms with van der Waals surface area (Å²) in [6.07, 6.45) is 9.34. The summed E-state index contributed by atoms with van der Waals surface area (Å²) in [5, 5.41) is 0. The SMILES string of the molecule is NC(=O)CCCCC(=O)N1CCCCCC1.NCCCCN. The highest BCUT2D eigenvalue weighted by molar-refractivity contribution is 5.76. The van der Waals surface area contributed by atoms with Crippen molar-refractivity contribution < 1.29 is 9.59 Å². The van der Waals surface area contributed by atoms with Gasteiger partial charge in [0, 0.05) is 25.9 Å². The van der Waals surface area contributed by atoms with Crippen molar-refractivity contribution in [1.82, 2.24) is 4.90 Å². The molecule has 6 heteroatoms. The molecule has 0 aromatic rings. The van der Waals surface area contributed by atoms with Gasteiger partial charge in [-0.15, -0.1) is 0 Å². The molecule has 130 valence electrons. The van der Waals surface area contributed by atoms with Gasteiger partial charge in [0.25, 0.3) is 0 Å². The van der Waals surface area contributed by atoms with Crippen molar-refractivity contribution in [3.8, 4) is 0 Å². The number of likely N-dealkylation sites (tertiary alicyclic amines) is 1. The molecule has 1 rings (SSSR count). The zero-order valence-electron chi connectivity index (χ0n) is 13.9. The van der Waals surface area contributed by atoms with Crippen LogP contribution in [-0.4, -0.2) is 42.9 Å². The Bertz CT molecular complexity index is 286. The minimum absolute atomic E-state index is 0.242. The summed E-state index contributed by atoms with van der Waals surface area (Å²) in [5.74, 6) is -0.0337. The number of hydrogen-bond acceptors (Lipinski definition) is 4. The lowest BCUT2D eigenvalue weighted by Crippen LogP contribution is -2.31. The first-order chi connectivity index (χ1) is 10.6. The third-order valence-electron chi connectivity index (χ3n) is 3.68. The number of nitrogens with two attached hydrogens (primary N) is 3. The predicted octanol–water partition coefficient (Wildman–Crippen LogP) is 1.12. The van der Waals surface area contributed by atoms with E-state index < -0.39 is 0 Å². The van der Waals surface area contributed by atoms with Crippen LogP contribution in [0.1, 0.15) is 64.2 Å². The standard InChI is InChI=1S/C12H22N2O2.C4H12N2/c13-11(15)7-3-4-8-12(16)14-9-5-1-2-6-10-14;5-3-1-2-4-6/h1-10H2,(H2,13,15);1-6H2. The number of carbonyl (C=O) groups is 2. The third-order valence-corrected chi connectivity index (χ3v) is 3.68. The number of primary amides is 1. The Balaban J connectivity index is 0.000000626. The molecule has 1 heterocycles. The van der Waals surface area contributed by atoms with Crippen LogP contribution in [0.5, 0.6) is 0 Å². The summed E-state index contributed by atoms with van der Waals surface area (Å²) >= 11 is 0. The van der Waals surface area contributed by atoms with Crippen molar-refractivity contribution in [2.24, 2.45) is 17.2 Å². The van der Waals surface area contributed by atoms with Crippen molar-refractivity contribution in [2.45, 2.75) is 64.2 Å². The average molecular weight is 314 g/mol. The number of carbonyl (C=O) groups excluding carboxylic acids is 2. The Morgan fingerprint density at radius 3 is 1.73 bits per heavy atom. The number of hydrogen-bond donors (Lipinski definition) is 3. The second kappa shape index (κ2) is 14.8. The Kier molecular flexibility index (Phi) is 14.0. The molecular formula is C16H34N4O2. The summed E-state index contributed by atoms with van der Waals surface area (Å²) in [6, 6.07) is 0. The van der Waals surface area contributed by atoms with Crippen LogP contribution < -0.4 is 17.2 Å². The first-order valence-corrected chi connectivity index (χ1v) is 8.58. The summed E-state index contributed by atoms with van der Waals surface area (Å²) < 4.78 is 0. The van der Waals surface area contributed by atoms with Crippen LogP contribution >= 0.6 is 0 Å². The maximum absolute atomic E-state index is 11.8. The smallest absolute Gasteiger partial charge is 0.222 e. The largest absolute Gasteiger partial charge is 0.370 e. The van der Waals surface area contributed by atoms with Gasteiger partial charge in [-0.25, -0.2) is 0 Å². The lowest BCUT2D eigenvalue weighted by atomic mass is 10.1. The van der Waals surface area contributed by atoms with Crippen LogP contribution in [-0.2, 0) is 9.59 Å². The van der Waals surface area contributed by atoms with Gasteiger partial charge >= 0.3 is 0 Å². The Morgan fingerprint density at radius 2 is 1.27 bits per heavy atom. The van der Waals surface area contributed by atoms with E-state index in [4.69, 9.17) is 17.2 Å². The van der Waals surface area contributed by atoms with Crippen LogP contribution in [0.15, 0.2) is 0 Å². The molecule has 0 aromatic heterocycles. The molecule has 0 atom stereocenters. The van der Waals surface area contributed by atoms with Gasteiger partial charge in [-0.3, -0.25) is 9.59 Å². The zero-order chi connectivity index (χ0) is 16.6. The summed E-state index contributed by atoms with van der Waals surface area (Å²) in [4.78, 5) is 24.3. The van der Waals surface area contributed by atoms with Crippen LogP contribution in [0, 0.1) is 0 Å². The molecule has 22 heavy (non-hydrogen) atoms. The third kappa shape index (κ3) is 12.6. The van der Waals surface area contributed by atoms with Crippen molar-refractivity contribution in [3.63, 3.8) is 0 Å².